The molecule has 0 radical (unpaired) electrons. The highest BCUT2D eigenvalue weighted by Crippen LogP contribution is 2.38. The Morgan fingerprint density at radius 2 is 1.62 bits per heavy atom. The van der Waals surface area contributed by atoms with Crippen LogP contribution in [0.5, 0.6) is 0 Å². The number of hydrogen-bond donors (Lipinski definition) is 1. The molecule has 1 amide bonds. The van der Waals surface area contributed by atoms with Crippen molar-refractivity contribution in [2.45, 2.75) is 83.3 Å². The Morgan fingerprint density at radius 1 is 1.00 bits per heavy atom. The topological polar surface area (TPSA) is 71.8 Å². The summed E-state index contributed by atoms with van der Waals surface area (Å²) in [4.78, 5) is 28.0. The van der Waals surface area contributed by atoms with E-state index in [9.17, 15) is 23.5 Å². The largest absolute Gasteiger partial charge is 0.481 e. The number of piperidine rings is 1. The number of benzene rings is 2. The highest BCUT2D eigenvalue weighted by molar-refractivity contribution is 5.95. The van der Waals surface area contributed by atoms with E-state index in [1.165, 1.54) is 36.4 Å². The lowest BCUT2D eigenvalue weighted by atomic mass is 9.73. The number of rotatable bonds is 6. The van der Waals surface area contributed by atoms with Crippen LogP contribution in [0, 0.1) is 24.5 Å². The molecule has 2 aliphatic rings. The third-order valence-electron chi connectivity index (χ3n) is 8.93. The average Bonchev–Trinajstić information content (AvgIpc) is 3.19. The summed E-state index contributed by atoms with van der Waals surface area (Å²) in [6.07, 6.45) is 5.87. The van der Waals surface area contributed by atoms with Crippen molar-refractivity contribution in [3.05, 3.63) is 70.9 Å². The van der Waals surface area contributed by atoms with E-state index in [0.29, 0.717) is 23.1 Å². The number of carboxylic acids is 1. The van der Waals surface area contributed by atoms with Crippen molar-refractivity contribution in [3.63, 3.8) is 0 Å². The fourth-order valence-electron chi connectivity index (χ4n) is 6.72. The second kappa shape index (κ2) is 11.3. The highest BCUT2D eigenvalue weighted by atomic mass is 19.1. The zero-order valence-electron chi connectivity index (χ0n) is 23.5. The van der Waals surface area contributed by atoms with Crippen LogP contribution in [0.1, 0.15) is 69.2 Å². The maximum absolute atomic E-state index is 14.4. The third-order valence-corrected chi connectivity index (χ3v) is 8.93. The number of aliphatic carboxylic acids is 1. The first-order valence-corrected chi connectivity index (χ1v) is 14.3. The molecule has 2 heterocycles. The first kappa shape index (κ1) is 28.3. The molecule has 1 saturated heterocycles. The Morgan fingerprint density at radius 3 is 2.23 bits per heavy atom. The molecule has 6 nitrogen and oxygen atoms in total. The van der Waals surface area contributed by atoms with Crippen LogP contribution in [0.4, 0.5) is 13.6 Å². The Balaban J connectivity index is 1.38. The summed E-state index contributed by atoms with van der Waals surface area (Å²) in [7, 11) is 0. The standard InChI is InChI=1S/C32H38F2N2O4/c1-20(2)40-26-11-4-22(5-12-26)18-28-21(3)36(29-19-25(34)10-13-27(28)29)31(39)35-16-14-32(15-17-35,30(37)38)23-6-8-24(33)9-7-23/h6-10,13,19-20,22,26H,4-5,11-12,14-18H2,1-3H3,(H,37,38). The molecule has 3 aromatic rings. The molecule has 1 aromatic heterocycles. The number of amides is 1. The second-order valence-electron chi connectivity index (χ2n) is 11.8. The van der Waals surface area contributed by atoms with Gasteiger partial charge in [0.05, 0.1) is 23.1 Å². The van der Waals surface area contributed by atoms with E-state index in [1.807, 2.05) is 6.92 Å². The summed E-state index contributed by atoms with van der Waals surface area (Å²) >= 11 is 0. The molecule has 1 saturated carbocycles. The van der Waals surface area contributed by atoms with Crippen LogP contribution >= 0.6 is 0 Å². The van der Waals surface area contributed by atoms with Gasteiger partial charge in [-0.25, -0.2) is 13.6 Å². The Labute approximate surface area is 233 Å². The Bertz CT molecular complexity index is 1380. The van der Waals surface area contributed by atoms with E-state index in [1.54, 1.807) is 15.5 Å². The number of likely N-dealkylation sites (tertiary alicyclic amines) is 1. The average molecular weight is 553 g/mol. The van der Waals surface area contributed by atoms with Gasteiger partial charge in [-0.1, -0.05) is 12.1 Å². The van der Waals surface area contributed by atoms with Gasteiger partial charge in [0.25, 0.3) is 0 Å². The lowest BCUT2D eigenvalue weighted by Gasteiger charge is -2.39. The maximum atomic E-state index is 14.4. The van der Waals surface area contributed by atoms with Gasteiger partial charge in [0.15, 0.2) is 0 Å². The summed E-state index contributed by atoms with van der Waals surface area (Å²) in [5.41, 5.74) is 1.77. The number of hydrogen-bond acceptors (Lipinski definition) is 3. The lowest BCUT2D eigenvalue weighted by Crippen LogP contribution is -2.50. The van der Waals surface area contributed by atoms with Crippen molar-refractivity contribution in [3.8, 4) is 0 Å². The molecular weight excluding hydrogens is 514 g/mol. The van der Waals surface area contributed by atoms with Crippen molar-refractivity contribution in [1.29, 1.82) is 0 Å². The van der Waals surface area contributed by atoms with Crippen LogP contribution in [0.2, 0.25) is 0 Å². The van der Waals surface area contributed by atoms with Crippen LogP contribution < -0.4 is 0 Å². The smallest absolute Gasteiger partial charge is 0.328 e. The van der Waals surface area contributed by atoms with Gasteiger partial charge in [0.2, 0.25) is 0 Å². The number of carboxylic acid groups (broad SMARTS) is 1. The van der Waals surface area contributed by atoms with Crippen LogP contribution in [-0.2, 0) is 21.4 Å². The van der Waals surface area contributed by atoms with Gasteiger partial charge < -0.3 is 14.7 Å². The van der Waals surface area contributed by atoms with Crippen molar-refractivity contribution in [1.82, 2.24) is 9.47 Å². The van der Waals surface area contributed by atoms with E-state index in [4.69, 9.17) is 4.74 Å². The normalized spacial score (nSPS) is 21.2. The summed E-state index contributed by atoms with van der Waals surface area (Å²) < 4.78 is 35.6. The predicted molar refractivity (Wildman–Crippen MR) is 150 cm³/mol. The number of aromatic nitrogens is 1. The first-order chi connectivity index (χ1) is 19.1. The van der Waals surface area contributed by atoms with Crippen LogP contribution in [0.15, 0.2) is 42.5 Å². The van der Waals surface area contributed by atoms with E-state index >= 15 is 0 Å². The van der Waals surface area contributed by atoms with Crippen LogP contribution in [0.3, 0.4) is 0 Å². The summed E-state index contributed by atoms with van der Waals surface area (Å²) in [5.74, 6) is -1.35. The van der Waals surface area contributed by atoms with Gasteiger partial charge in [-0.2, -0.15) is 0 Å². The van der Waals surface area contributed by atoms with E-state index in [0.717, 1.165) is 48.7 Å². The van der Waals surface area contributed by atoms with Crippen LogP contribution in [0.25, 0.3) is 10.9 Å². The third kappa shape index (κ3) is 5.38. The fraction of sp³-hybridized carbons (Fsp3) is 0.500. The second-order valence-corrected chi connectivity index (χ2v) is 11.8. The summed E-state index contributed by atoms with van der Waals surface area (Å²) in [6.45, 7) is 6.50. The molecule has 2 aromatic carbocycles. The molecule has 0 bridgehead atoms. The first-order valence-electron chi connectivity index (χ1n) is 14.3. The molecule has 40 heavy (non-hydrogen) atoms. The van der Waals surface area contributed by atoms with Gasteiger partial charge in [0.1, 0.15) is 11.6 Å². The van der Waals surface area contributed by atoms with Crippen molar-refractivity contribution < 1.29 is 28.2 Å². The minimum absolute atomic E-state index is 0.209. The molecule has 0 spiro atoms. The monoisotopic (exact) mass is 552 g/mol. The Hall–Kier alpha value is -3.26. The van der Waals surface area contributed by atoms with Gasteiger partial charge in [0, 0.05) is 24.2 Å². The Kier molecular flexibility index (Phi) is 8.00. The van der Waals surface area contributed by atoms with E-state index in [2.05, 4.69) is 13.8 Å². The van der Waals surface area contributed by atoms with Gasteiger partial charge in [-0.05, 0) is 113 Å². The number of nitrogens with zero attached hydrogens (tertiary/aromatic N) is 2. The maximum Gasteiger partial charge on any atom is 0.328 e. The van der Waals surface area contributed by atoms with Crippen LogP contribution in [-0.4, -0.2) is 51.9 Å². The number of ether oxygens (including phenoxy) is 1. The minimum Gasteiger partial charge on any atom is -0.481 e. The van der Waals surface area contributed by atoms with E-state index < -0.39 is 23.0 Å². The van der Waals surface area contributed by atoms with E-state index in [-0.39, 0.29) is 38.1 Å². The molecule has 214 valence electrons. The highest BCUT2D eigenvalue weighted by Gasteiger charge is 2.44. The quantitative estimate of drug-likeness (QED) is 0.363. The molecule has 1 aliphatic carbocycles. The number of carbonyl (C=O) groups is 2. The molecule has 0 unspecified atom stereocenters. The number of carbonyl (C=O) groups excluding carboxylic acids is 1. The zero-order chi connectivity index (χ0) is 28.6. The SMILES string of the molecule is Cc1c(CC2CCC(OC(C)C)CC2)c2ccc(F)cc2n1C(=O)N1CCC(C(=O)O)(c2ccc(F)cc2)CC1. The molecule has 1 N–H and O–H groups in total. The fourth-order valence-corrected chi connectivity index (χ4v) is 6.72. The van der Waals surface area contributed by atoms with Crippen molar-refractivity contribution in [2.24, 2.45) is 5.92 Å². The predicted octanol–water partition coefficient (Wildman–Crippen LogP) is 6.84. The lowest BCUT2D eigenvalue weighted by molar-refractivity contribution is -0.145. The zero-order valence-corrected chi connectivity index (χ0v) is 23.5. The molecule has 2 fully saturated rings. The van der Waals surface area contributed by atoms with Gasteiger partial charge >= 0.3 is 12.0 Å². The molecule has 8 heteroatoms. The van der Waals surface area contributed by atoms with Crippen molar-refractivity contribution in [2.75, 3.05) is 13.1 Å². The number of halogens is 2. The minimum atomic E-state index is -1.19. The summed E-state index contributed by atoms with van der Waals surface area (Å²) in [6, 6.07) is 9.93. The molecule has 0 atom stereocenters. The number of fused-ring (bicyclic) bond motifs is 1. The van der Waals surface area contributed by atoms with Crippen molar-refractivity contribution >= 4 is 22.9 Å². The van der Waals surface area contributed by atoms with Gasteiger partial charge in [-0.3, -0.25) is 9.36 Å². The molecule has 1 aliphatic heterocycles. The molecule has 5 rings (SSSR count). The molecular formula is C32H38F2N2O4. The van der Waals surface area contributed by atoms with Gasteiger partial charge in [-0.15, -0.1) is 0 Å². The summed E-state index contributed by atoms with van der Waals surface area (Å²) in [5, 5.41) is 11.0.